The van der Waals surface area contributed by atoms with Gasteiger partial charge in [0.2, 0.25) is 5.91 Å². The second kappa shape index (κ2) is 5.60. The number of anilines is 2. The molecule has 1 amide bonds. The molecule has 0 aromatic heterocycles. The Morgan fingerprint density at radius 2 is 1.86 bits per heavy atom. The van der Waals surface area contributed by atoms with Gasteiger partial charge in [-0.1, -0.05) is 24.3 Å². The molecule has 0 fully saturated rings. The molecule has 1 aliphatic carbocycles. The van der Waals surface area contributed by atoms with Crippen LogP contribution < -0.4 is 10.6 Å². The summed E-state index contributed by atoms with van der Waals surface area (Å²) in [5, 5.41) is 0. The van der Waals surface area contributed by atoms with Crippen LogP contribution in [0.15, 0.2) is 48.5 Å². The smallest absolute Gasteiger partial charge is 0.234 e. The molecule has 1 aliphatic rings. The van der Waals surface area contributed by atoms with Crippen LogP contribution in [0.4, 0.5) is 11.4 Å². The van der Waals surface area contributed by atoms with E-state index in [0.29, 0.717) is 5.69 Å². The molecule has 0 saturated carbocycles. The van der Waals surface area contributed by atoms with E-state index in [1.807, 2.05) is 37.4 Å². The van der Waals surface area contributed by atoms with Gasteiger partial charge in [-0.15, -0.1) is 0 Å². The van der Waals surface area contributed by atoms with E-state index >= 15 is 0 Å². The van der Waals surface area contributed by atoms with E-state index in [9.17, 15) is 4.79 Å². The number of nitrogens with two attached hydrogens (primary N) is 1. The van der Waals surface area contributed by atoms with Crippen molar-refractivity contribution in [1.29, 1.82) is 0 Å². The molecule has 0 saturated heterocycles. The fourth-order valence-corrected chi connectivity index (χ4v) is 3.07. The third-order valence-corrected chi connectivity index (χ3v) is 4.28. The lowest BCUT2D eigenvalue weighted by Crippen LogP contribution is -2.33. The van der Waals surface area contributed by atoms with Crippen LogP contribution in [-0.4, -0.2) is 13.0 Å². The molecule has 0 bridgehead atoms. The van der Waals surface area contributed by atoms with Crippen LogP contribution in [-0.2, 0) is 11.2 Å². The van der Waals surface area contributed by atoms with Gasteiger partial charge in [0.05, 0.1) is 5.92 Å². The lowest BCUT2D eigenvalue weighted by Gasteiger charge is -2.28. The van der Waals surface area contributed by atoms with Crippen molar-refractivity contribution in [3.8, 4) is 0 Å². The number of hydrogen-bond donors (Lipinski definition) is 1. The van der Waals surface area contributed by atoms with Gasteiger partial charge >= 0.3 is 0 Å². The standard InChI is InChI=1S/C18H20N2O/c1-20(15-11-9-14(19)10-12-15)18(21)17-8-4-6-13-5-2-3-7-16(13)17/h2-3,5,7,9-12,17H,4,6,8,19H2,1H3. The topological polar surface area (TPSA) is 46.3 Å². The number of carbonyl (C=O) groups excluding carboxylic acids is 1. The molecule has 2 aromatic rings. The SMILES string of the molecule is CN(C(=O)C1CCCc2ccccc21)c1ccc(N)cc1. The fourth-order valence-electron chi connectivity index (χ4n) is 3.07. The molecule has 0 aliphatic heterocycles. The van der Waals surface area contributed by atoms with Crippen LogP contribution in [0.25, 0.3) is 0 Å². The maximum Gasteiger partial charge on any atom is 0.234 e. The summed E-state index contributed by atoms with van der Waals surface area (Å²) in [6.07, 6.45) is 3.07. The summed E-state index contributed by atoms with van der Waals surface area (Å²) in [6, 6.07) is 15.7. The number of rotatable bonds is 2. The Morgan fingerprint density at radius 3 is 2.62 bits per heavy atom. The average Bonchev–Trinajstić information content (AvgIpc) is 2.53. The minimum atomic E-state index is -0.0301. The van der Waals surface area contributed by atoms with Crippen molar-refractivity contribution in [2.24, 2.45) is 0 Å². The van der Waals surface area contributed by atoms with Gasteiger partial charge in [-0.2, -0.15) is 0 Å². The highest BCUT2D eigenvalue weighted by Gasteiger charge is 2.28. The minimum Gasteiger partial charge on any atom is -0.399 e. The van der Waals surface area contributed by atoms with Crippen LogP contribution in [0.3, 0.4) is 0 Å². The second-order valence-electron chi connectivity index (χ2n) is 5.63. The first kappa shape index (κ1) is 13.7. The maximum atomic E-state index is 12.8. The zero-order valence-corrected chi connectivity index (χ0v) is 12.3. The molecule has 0 heterocycles. The van der Waals surface area contributed by atoms with Gasteiger partial charge in [0.15, 0.2) is 0 Å². The Bertz CT molecular complexity index is 649. The summed E-state index contributed by atoms with van der Waals surface area (Å²) in [5.74, 6) is 0.129. The van der Waals surface area contributed by atoms with E-state index in [2.05, 4.69) is 18.2 Å². The number of nitrogens with zero attached hydrogens (tertiary/aromatic N) is 1. The van der Waals surface area contributed by atoms with Crippen LogP contribution in [0, 0.1) is 0 Å². The Hall–Kier alpha value is -2.29. The van der Waals surface area contributed by atoms with E-state index in [1.165, 1.54) is 11.1 Å². The van der Waals surface area contributed by atoms with Crippen molar-refractivity contribution in [3.05, 3.63) is 59.7 Å². The molecular formula is C18H20N2O. The molecule has 3 rings (SSSR count). The monoisotopic (exact) mass is 280 g/mol. The van der Waals surface area contributed by atoms with Gasteiger partial charge < -0.3 is 10.6 Å². The van der Waals surface area contributed by atoms with Crippen LogP contribution in [0.5, 0.6) is 0 Å². The Balaban J connectivity index is 1.87. The Labute approximate surface area is 125 Å². The molecule has 1 atom stereocenters. The molecule has 0 spiro atoms. The number of amides is 1. The van der Waals surface area contributed by atoms with Gasteiger partial charge in [-0.05, 0) is 54.7 Å². The third kappa shape index (κ3) is 2.64. The lowest BCUT2D eigenvalue weighted by molar-refractivity contribution is -0.120. The summed E-state index contributed by atoms with van der Waals surface area (Å²) >= 11 is 0. The average molecular weight is 280 g/mol. The molecule has 1 unspecified atom stereocenters. The van der Waals surface area contributed by atoms with Crippen LogP contribution >= 0.6 is 0 Å². The number of carbonyl (C=O) groups is 1. The summed E-state index contributed by atoms with van der Waals surface area (Å²) in [6.45, 7) is 0. The molecule has 108 valence electrons. The molecule has 2 aromatic carbocycles. The first-order chi connectivity index (χ1) is 10.2. The zero-order chi connectivity index (χ0) is 14.8. The van der Waals surface area contributed by atoms with Crippen molar-refractivity contribution >= 4 is 17.3 Å². The van der Waals surface area contributed by atoms with Gasteiger partial charge in [-0.25, -0.2) is 0 Å². The molecule has 2 N–H and O–H groups in total. The largest absolute Gasteiger partial charge is 0.399 e. The normalized spacial score (nSPS) is 17.1. The lowest BCUT2D eigenvalue weighted by atomic mass is 9.82. The number of benzene rings is 2. The predicted octanol–water partition coefficient (Wildman–Crippen LogP) is 3.35. The van der Waals surface area contributed by atoms with Crippen molar-refractivity contribution < 1.29 is 4.79 Å². The first-order valence-electron chi connectivity index (χ1n) is 7.38. The number of aryl methyl sites for hydroxylation is 1. The number of fused-ring (bicyclic) bond motifs is 1. The van der Waals surface area contributed by atoms with Crippen molar-refractivity contribution in [2.75, 3.05) is 17.7 Å². The molecular weight excluding hydrogens is 260 g/mol. The molecule has 3 heteroatoms. The van der Waals surface area contributed by atoms with Crippen LogP contribution in [0.1, 0.15) is 29.9 Å². The zero-order valence-electron chi connectivity index (χ0n) is 12.3. The Kier molecular flexibility index (Phi) is 3.65. The van der Waals surface area contributed by atoms with Gasteiger partial charge in [0.25, 0.3) is 0 Å². The summed E-state index contributed by atoms with van der Waals surface area (Å²) in [4.78, 5) is 14.6. The first-order valence-corrected chi connectivity index (χ1v) is 7.38. The molecule has 21 heavy (non-hydrogen) atoms. The van der Waals surface area contributed by atoms with E-state index in [4.69, 9.17) is 5.73 Å². The van der Waals surface area contributed by atoms with Crippen molar-refractivity contribution in [3.63, 3.8) is 0 Å². The predicted molar refractivity (Wildman–Crippen MR) is 86.4 cm³/mol. The van der Waals surface area contributed by atoms with Gasteiger partial charge in [0.1, 0.15) is 0 Å². The minimum absolute atomic E-state index is 0.0301. The number of likely N-dealkylation sites (N-methyl/N-ethyl adjacent to an activating group) is 1. The van der Waals surface area contributed by atoms with Crippen molar-refractivity contribution in [1.82, 2.24) is 0 Å². The molecule has 0 radical (unpaired) electrons. The summed E-state index contributed by atoms with van der Waals surface area (Å²) in [7, 11) is 1.84. The van der Waals surface area contributed by atoms with E-state index in [-0.39, 0.29) is 11.8 Å². The van der Waals surface area contributed by atoms with E-state index in [0.717, 1.165) is 24.9 Å². The number of hydrogen-bond acceptors (Lipinski definition) is 2. The fraction of sp³-hybridized carbons (Fsp3) is 0.278. The molecule has 3 nitrogen and oxygen atoms in total. The van der Waals surface area contributed by atoms with E-state index in [1.54, 1.807) is 4.90 Å². The van der Waals surface area contributed by atoms with Gasteiger partial charge in [-0.3, -0.25) is 4.79 Å². The Morgan fingerprint density at radius 1 is 1.14 bits per heavy atom. The van der Waals surface area contributed by atoms with Gasteiger partial charge in [0, 0.05) is 18.4 Å². The van der Waals surface area contributed by atoms with Crippen molar-refractivity contribution in [2.45, 2.75) is 25.2 Å². The second-order valence-corrected chi connectivity index (χ2v) is 5.63. The highest BCUT2D eigenvalue weighted by Crippen LogP contribution is 2.33. The van der Waals surface area contributed by atoms with E-state index < -0.39 is 0 Å². The summed E-state index contributed by atoms with van der Waals surface area (Å²) < 4.78 is 0. The maximum absolute atomic E-state index is 12.8. The van der Waals surface area contributed by atoms with Crippen LogP contribution in [0.2, 0.25) is 0 Å². The summed E-state index contributed by atoms with van der Waals surface area (Å²) in [5.41, 5.74) is 9.81. The number of nitrogen functional groups attached to an aromatic ring is 1. The third-order valence-electron chi connectivity index (χ3n) is 4.28. The highest BCUT2D eigenvalue weighted by molar-refractivity contribution is 5.98. The highest BCUT2D eigenvalue weighted by atomic mass is 16.2. The quantitative estimate of drug-likeness (QED) is 0.857.